The Balaban J connectivity index is 1.41. The molecular weight excluding hydrogens is 464 g/mol. The number of benzene rings is 4. The summed E-state index contributed by atoms with van der Waals surface area (Å²) in [6.07, 6.45) is 3.25. The van der Waals surface area contributed by atoms with Gasteiger partial charge in [0.2, 0.25) is 0 Å². The van der Waals surface area contributed by atoms with E-state index in [0.717, 1.165) is 11.1 Å². The highest BCUT2D eigenvalue weighted by molar-refractivity contribution is 6.10. The number of furan rings is 1. The molecule has 0 spiro atoms. The highest BCUT2D eigenvalue weighted by Gasteiger charge is 2.24. The minimum Gasteiger partial charge on any atom is -0.494 e. The summed E-state index contributed by atoms with van der Waals surface area (Å²) >= 11 is 0. The Morgan fingerprint density at radius 3 is 2.19 bits per heavy atom. The molecule has 0 N–H and O–H groups in total. The normalized spacial score (nSPS) is 11.1. The van der Waals surface area contributed by atoms with Gasteiger partial charge >= 0.3 is 5.97 Å². The highest BCUT2D eigenvalue weighted by Crippen LogP contribution is 2.36. The minimum atomic E-state index is -0.534. The summed E-state index contributed by atoms with van der Waals surface area (Å²) in [5.74, 6) is 0.848. The Kier molecular flexibility index (Phi) is 6.95. The van der Waals surface area contributed by atoms with Gasteiger partial charge in [-0.3, -0.25) is 4.79 Å². The number of carbonyl (C=O) groups excluding carboxylic acids is 2. The summed E-state index contributed by atoms with van der Waals surface area (Å²) in [6, 6.07) is 30.9. The first-order valence-corrected chi connectivity index (χ1v) is 12.0. The molecule has 0 aliphatic rings. The van der Waals surface area contributed by atoms with E-state index in [1.807, 2.05) is 61.5 Å². The second-order valence-electron chi connectivity index (χ2n) is 8.29. The van der Waals surface area contributed by atoms with Crippen LogP contribution in [0.4, 0.5) is 0 Å². The average Bonchev–Trinajstić information content (AvgIpc) is 3.33. The topological polar surface area (TPSA) is 65.7 Å². The van der Waals surface area contributed by atoms with Crippen LogP contribution in [-0.2, 0) is 0 Å². The van der Waals surface area contributed by atoms with Crippen molar-refractivity contribution in [3.8, 4) is 22.8 Å². The maximum atomic E-state index is 13.4. The Hall–Kier alpha value is -4.90. The minimum absolute atomic E-state index is 0.0807. The van der Waals surface area contributed by atoms with Gasteiger partial charge in [0.25, 0.3) is 0 Å². The number of hydrogen-bond acceptors (Lipinski definition) is 5. The SMILES string of the molecule is CCOc1ccc2oc(-c3ccccc3)c(C(=O)Oc3ccc(C=CC(=O)c4ccccc4)cc3)c2c1. The number of rotatable bonds is 8. The van der Waals surface area contributed by atoms with Gasteiger partial charge < -0.3 is 13.9 Å². The molecule has 0 bridgehead atoms. The summed E-state index contributed by atoms with van der Waals surface area (Å²) in [7, 11) is 0. The molecule has 5 rings (SSSR count). The Morgan fingerprint density at radius 2 is 1.49 bits per heavy atom. The number of hydrogen-bond donors (Lipinski definition) is 0. The third-order valence-electron chi connectivity index (χ3n) is 5.79. The van der Waals surface area contributed by atoms with Crippen LogP contribution in [0.1, 0.15) is 33.2 Å². The Labute approximate surface area is 214 Å². The molecule has 0 saturated carbocycles. The summed E-state index contributed by atoms with van der Waals surface area (Å²) in [5.41, 5.74) is 3.10. The zero-order valence-corrected chi connectivity index (χ0v) is 20.2. The van der Waals surface area contributed by atoms with E-state index in [-0.39, 0.29) is 5.78 Å². The molecular formula is C32H24O5. The second kappa shape index (κ2) is 10.8. The van der Waals surface area contributed by atoms with Crippen molar-refractivity contribution in [2.24, 2.45) is 0 Å². The molecule has 0 fully saturated rings. The summed E-state index contributed by atoms with van der Waals surface area (Å²) in [6.45, 7) is 2.41. The predicted molar refractivity (Wildman–Crippen MR) is 144 cm³/mol. The molecule has 0 aliphatic carbocycles. The van der Waals surface area contributed by atoms with Crippen LogP contribution >= 0.6 is 0 Å². The standard InChI is InChI=1S/C32H24O5/c1-2-35-26-18-20-29-27(21-26)30(31(37-29)24-11-7-4-8-12-24)32(34)36-25-16-13-22(14-17-25)15-19-28(33)23-9-5-3-6-10-23/h3-21H,2H2,1H3. The van der Waals surface area contributed by atoms with Crippen molar-refractivity contribution in [3.63, 3.8) is 0 Å². The third kappa shape index (κ3) is 5.36. The lowest BCUT2D eigenvalue weighted by Crippen LogP contribution is -2.09. The van der Waals surface area contributed by atoms with Crippen LogP contribution in [0.3, 0.4) is 0 Å². The van der Waals surface area contributed by atoms with E-state index in [0.29, 0.717) is 46.0 Å². The van der Waals surface area contributed by atoms with Crippen molar-refractivity contribution in [2.45, 2.75) is 6.92 Å². The van der Waals surface area contributed by atoms with Crippen molar-refractivity contribution in [3.05, 3.63) is 126 Å². The van der Waals surface area contributed by atoms with Crippen LogP contribution in [0.25, 0.3) is 28.4 Å². The molecule has 0 amide bonds. The average molecular weight is 489 g/mol. The van der Waals surface area contributed by atoms with E-state index >= 15 is 0 Å². The van der Waals surface area contributed by atoms with Crippen LogP contribution in [0.5, 0.6) is 11.5 Å². The molecule has 1 heterocycles. The van der Waals surface area contributed by atoms with Crippen molar-refractivity contribution in [2.75, 3.05) is 6.61 Å². The second-order valence-corrected chi connectivity index (χ2v) is 8.29. The van der Waals surface area contributed by atoms with Gasteiger partial charge in [0.05, 0.1) is 6.61 Å². The van der Waals surface area contributed by atoms with Crippen LogP contribution in [0.2, 0.25) is 0 Å². The third-order valence-corrected chi connectivity index (χ3v) is 5.79. The molecule has 4 aromatic carbocycles. The Bertz CT molecular complexity index is 1560. The Morgan fingerprint density at radius 1 is 0.811 bits per heavy atom. The lowest BCUT2D eigenvalue weighted by atomic mass is 10.1. The number of carbonyl (C=O) groups is 2. The van der Waals surface area contributed by atoms with E-state index in [1.165, 1.54) is 6.08 Å². The quantitative estimate of drug-likeness (QED) is 0.0973. The van der Waals surface area contributed by atoms with Gasteiger partial charge in [0, 0.05) is 16.5 Å². The molecule has 1 aromatic heterocycles. The van der Waals surface area contributed by atoms with E-state index in [2.05, 4.69) is 0 Å². The fraction of sp³-hybridized carbons (Fsp3) is 0.0625. The van der Waals surface area contributed by atoms with Crippen LogP contribution in [0, 0.1) is 0 Å². The van der Waals surface area contributed by atoms with Gasteiger partial charge in [-0.25, -0.2) is 4.79 Å². The molecule has 0 aliphatic heterocycles. The van der Waals surface area contributed by atoms with E-state index < -0.39 is 5.97 Å². The fourth-order valence-corrected chi connectivity index (χ4v) is 4.00. The van der Waals surface area contributed by atoms with E-state index in [9.17, 15) is 9.59 Å². The molecule has 0 radical (unpaired) electrons. The van der Waals surface area contributed by atoms with Crippen LogP contribution in [-0.4, -0.2) is 18.4 Å². The van der Waals surface area contributed by atoms with Gasteiger partial charge in [-0.2, -0.15) is 0 Å². The highest BCUT2D eigenvalue weighted by atomic mass is 16.5. The fourth-order valence-electron chi connectivity index (χ4n) is 4.00. The molecule has 182 valence electrons. The van der Waals surface area contributed by atoms with Gasteiger partial charge in [-0.05, 0) is 48.9 Å². The number of ketones is 1. The first-order chi connectivity index (χ1) is 18.1. The summed E-state index contributed by atoms with van der Waals surface area (Å²) in [5, 5.41) is 0.619. The first kappa shape index (κ1) is 23.8. The summed E-state index contributed by atoms with van der Waals surface area (Å²) < 4.78 is 17.5. The maximum Gasteiger partial charge on any atom is 0.348 e. The molecule has 5 nitrogen and oxygen atoms in total. The molecule has 5 aromatic rings. The zero-order chi connectivity index (χ0) is 25.6. The molecule has 5 heteroatoms. The van der Waals surface area contributed by atoms with E-state index in [1.54, 1.807) is 54.6 Å². The van der Waals surface area contributed by atoms with Crippen molar-refractivity contribution in [1.82, 2.24) is 0 Å². The van der Waals surface area contributed by atoms with Crippen molar-refractivity contribution < 1.29 is 23.5 Å². The number of esters is 1. The van der Waals surface area contributed by atoms with Crippen molar-refractivity contribution in [1.29, 1.82) is 0 Å². The molecule has 0 unspecified atom stereocenters. The number of ether oxygens (including phenoxy) is 2. The van der Waals surface area contributed by atoms with Gasteiger partial charge in [-0.15, -0.1) is 0 Å². The molecule has 0 atom stereocenters. The van der Waals surface area contributed by atoms with Gasteiger partial charge in [-0.1, -0.05) is 78.9 Å². The lowest BCUT2D eigenvalue weighted by molar-refractivity contribution is 0.0736. The number of fused-ring (bicyclic) bond motifs is 1. The first-order valence-electron chi connectivity index (χ1n) is 12.0. The monoisotopic (exact) mass is 488 g/mol. The van der Waals surface area contributed by atoms with Crippen LogP contribution < -0.4 is 9.47 Å². The van der Waals surface area contributed by atoms with Gasteiger partial charge in [0.15, 0.2) is 5.78 Å². The summed E-state index contributed by atoms with van der Waals surface area (Å²) in [4.78, 5) is 25.7. The van der Waals surface area contributed by atoms with E-state index in [4.69, 9.17) is 13.9 Å². The van der Waals surface area contributed by atoms with Gasteiger partial charge in [0.1, 0.15) is 28.4 Å². The molecule has 0 saturated heterocycles. The molecule has 37 heavy (non-hydrogen) atoms. The smallest absolute Gasteiger partial charge is 0.348 e. The zero-order valence-electron chi connectivity index (χ0n) is 20.2. The predicted octanol–water partition coefficient (Wildman–Crippen LogP) is 7.61. The maximum absolute atomic E-state index is 13.4. The lowest BCUT2D eigenvalue weighted by Gasteiger charge is -2.07. The largest absolute Gasteiger partial charge is 0.494 e. The van der Waals surface area contributed by atoms with Crippen LogP contribution in [0.15, 0.2) is 114 Å². The number of allylic oxidation sites excluding steroid dienone is 1. The van der Waals surface area contributed by atoms with Crippen molar-refractivity contribution >= 4 is 28.8 Å².